The van der Waals surface area contributed by atoms with Gasteiger partial charge in [-0.1, -0.05) is 54.6 Å². The van der Waals surface area contributed by atoms with Crippen LogP contribution in [0.1, 0.15) is 5.56 Å². The van der Waals surface area contributed by atoms with E-state index in [1.54, 1.807) is 60.7 Å². The van der Waals surface area contributed by atoms with E-state index in [2.05, 4.69) is 20.8 Å². The predicted octanol–water partition coefficient (Wildman–Crippen LogP) is 4.17. The summed E-state index contributed by atoms with van der Waals surface area (Å²) in [6, 6.07) is 22.4. The molecule has 0 fully saturated rings. The molecule has 0 amide bonds. The molecule has 0 heterocycles. The summed E-state index contributed by atoms with van der Waals surface area (Å²) in [7, 11) is 0. The SMILES string of the molecule is O=C(O)COc1ccccc1N=N/C(=N\Nc1ccccc1OCC(=O)O)c1ccccc1. The van der Waals surface area contributed by atoms with Crippen LogP contribution in [0.4, 0.5) is 11.4 Å². The number of hydrazone groups is 1. The summed E-state index contributed by atoms with van der Waals surface area (Å²) in [5.74, 6) is -1.43. The van der Waals surface area contributed by atoms with Crippen molar-refractivity contribution in [2.45, 2.75) is 0 Å². The number of amidine groups is 1. The van der Waals surface area contributed by atoms with Crippen molar-refractivity contribution >= 4 is 29.1 Å². The summed E-state index contributed by atoms with van der Waals surface area (Å²) in [5, 5.41) is 30.4. The maximum absolute atomic E-state index is 10.8. The lowest BCUT2D eigenvalue weighted by Gasteiger charge is -2.10. The van der Waals surface area contributed by atoms with Crippen molar-refractivity contribution in [1.29, 1.82) is 0 Å². The molecule has 0 saturated heterocycles. The van der Waals surface area contributed by atoms with Gasteiger partial charge >= 0.3 is 11.9 Å². The van der Waals surface area contributed by atoms with Crippen LogP contribution in [0, 0.1) is 0 Å². The van der Waals surface area contributed by atoms with E-state index in [-0.39, 0.29) is 11.6 Å². The molecular weight excluding hydrogens is 428 g/mol. The second-order valence-electron chi connectivity index (χ2n) is 6.44. The number of carbonyl (C=O) groups is 2. The van der Waals surface area contributed by atoms with Crippen molar-refractivity contribution < 1.29 is 29.3 Å². The number of hydrogen-bond acceptors (Lipinski definition) is 7. The molecule has 0 atom stereocenters. The minimum Gasteiger partial charge on any atom is -0.480 e. The Labute approximate surface area is 188 Å². The van der Waals surface area contributed by atoms with Gasteiger partial charge in [0.1, 0.15) is 17.2 Å². The van der Waals surface area contributed by atoms with Crippen LogP contribution in [0.5, 0.6) is 11.5 Å². The molecule has 10 heteroatoms. The van der Waals surface area contributed by atoms with Gasteiger partial charge < -0.3 is 19.7 Å². The molecule has 0 bridgehead atoms. The second kappa shape index (κ2) is 11.6. The number of para-hydroxylation sites is 3. The Morgan fingerprint density at radius 1 is 0.758 bits per heavy atom. The second-order valence-corrected chi connectivity index (χ2v) is 6.44. The third-order valence-electron chi connectivity index (χ3n) is 4.02. The van der Waals surface area contributed by atoms with Crippen LogP contribution in [0.3, 0.4) is 0 Å². The van der Waals surface area contributed by atoms with Crippen LogP contribution >= 0.6 is 0 Å². The van der Waals surface area contributed by atoms with Gasteiger partial charge in [-0.25, -0.2) is 9.59 Å². The van der Waals surface area contributed by atoms with Crippen molar-refractivity contribution in [2.75, 3.05) is 18.6 Å². The molecule has 0 radical (unpaired) electrons. The third kappa shape index (κ3) is 7.17. The summed E-state index contributed by atoms with van der Waals surface area (Å²) in [6.45, 7) is -1.01. The molecule has 3 N–H and O–H groups in total. The maximum Gasteiger partial charge on any atom is 0.341 e. The minimum absolute atomic E-state index is 0.219. The smallest absolute Gasteiger partial charge is 0.341 e. The standard InChI is InChI=1S/C23H20N4O6/c28-21(29)14-32-19-12-6-4-10-17(19)24-26-23(16-8-2-1-3-9-16)27-25-18-11-5-7-13-20(18)33-15-22(30)31/h1-13,24H,14-15H2,(H,28,29)(H,30,31)/b26-23-,27-25?. The largest absolute Gasteiger partial charge is 0.480 e. The molecule has 0 spiro atoms. The van der Waals surface area contributed by atoms with Crippen LogP contribution in [-0.4, -0.2) is 41.2 Å². The van der Waals surface area contributed by atoms with Gasteiger partial charge in [0.25, 0.3) is 0 Å². The zero-order valence-electron chi connectivity index (χ0n) is 17.3. The normalized spacial score (nSPS) is 11.2. The summed E-state index contributed by atoms with van der Waals surface area (Å²) >= 11 is 0. The molecule has 3 rings (SSSR count). The predicted molar refractivity (Wildman–Crippen MR) is 120 cm³/mol. The highest BCUT2D eigenvalue weighted by Crippen LogP contribution is 2.28. The van der Waals surface area contributed by atoms with Crippen LogP contribution in [0.2, 0.25) is 0 Å². The van der Waals surface area contributed by atoms with Crippen LogP contribution in [0.25, 0.3) is 0 Å². The molecule has 0 aliphatic heterocycles. The lowest BCUT2D eigenvalue weighted by molar-refractivity contribution is -0.140. The first-order valence-corrected chi connectivity index (χ1v) is 9.71. The Morgan fingerprint density at radius 2 is 1.33 bits per heavy atom. The first kappa shape index (κ1) is 22.9. The number of nitrogens with one attached hydrogen (secondary N) is 1. The van der Waals surface area contributed by atoms with Crippen molar-refractivity contribution in [1.82, 2.24) is 0 Å². The summed E-state index contributed by atoms with van der Waals surface area (Å²) in [4.78, 5) is 21.6. The number of azo groups is 1. The van der Waals surface area contributed by atoms with Crippen molar-refractivity contribution in [3.05, 3.63) is 84.4 Å². The summed E-state index contributed by atoms with van der Waals surface area (Å²) in [6.07, 6.45) is 0. The highest BCUT2D eigenvalue weighted by molar-refractivity contribution is 5.99. The molecule has 0 aliphatic carbocycles. The summed E-state index contributed by atoms with van der Waals surface area (Å²) in [5.41, 5.74) is 4.25. The Hall–Kier alpha value is -4.73. The van der Waals surface area contributed by atoms with E-state index in [1.807, 2.05) is 18.2 Å². The topological polar surface area (TPSA) is 142 Å². The molecule has 0 saturated carbocycles. The van der Waals surface area contributed by atoms with Gasteiger partial charge in [0.2, 0.25) is 5.84 Å². The molecule has 0 unspecified atom stereocenters. The Bertz CT molecular complexity index is 1160. The van der Waals surface area contributed by atoms with Crippen molar-refractivity contribution in [2.24, 2.45) is 15.3 Å². The van der Waals surface area contributed by atoms with Crippen molar-refractivity contribution in [3.8, 4) is 11.5 Å². The number of carboxylic acids is 2. The van der Waals surface area contributed by atoms with Gasteiger partial charge in [-0.2, -0.15) is 5.10 Å². The van der Waals surface area contributed by atoms with E-state index >= 15 is 0 Å². The van der Waals surface area contributed by atoms with E-state index in [0.717, 1.165) is 0 Å². The fourth-order valence-corrected chi connectivity index (χ4v) is 2.57. The third-order valence-corrected chi connectivity index (χ3v) is 4.02. The Kier molecular flexibility index (Phi) is 8.07. The van der Waals surface area contributed by atoms with Gasteiger partial charge in [-0.3, -0.25) is 5.43 Å². The highest BCUT2D eigenvalue weighted by atomic mass is 16.5. The number of benzene rings is 3. The van der Waals surface area contributed by atoms with E-state index in [0.29, 0.717) is 22.7 Å². The van der Waals surface area contributed by atoms with Crippen LogP contribution < -0.4 is 14.9 Å². The molecule has 3 aromatic rings. The number of ether oxygens (including phenoxy) is 2. The molecular formula is C23H20N4O6. The number of rotatable bonds is 10. The minimum atomic E-state index is -1.11. The number of anilines is 1. The molecule has 10 nitrogen and oxygen atoms in total. The monoisotopic (exact) mass is 448 g/mol. The van der Waals surface area contributed by atoms with Gasteiger partial charge in [-0.05, 0) is 24.3 Å². The molecule has 0 aliphatic rings. The average molecular weight is 448 g/mol. The first-order chi connectivity index (χ1) is 16.0. The van der Waals surface area contributed by atoms with Crippen LogP contribution in [0.15, 0.2) is 94.2 Å². The van der Waals surface area contributed by atoms with E-state index in [1.165, 1.54) is 0 Å². The average Bonchev–Trinajstić information content (AvgIpc) is 2.83. The summed E-state index contributed by atoms with van der Waals surface area (Å²) < 4.78 is 10.5. The van der Waals surface area contributed by atoms with Crippen LogP contribution in [-0.2, 0) is 9.59 Å². The fraction of sp³-hybridized carbons (Fsp3) is 0.0870. The van der Waals surface area contributed by atoms with Gasteiger partial charge in [-0.15, -0.1) is 10.2 Å². The fourth-order valence-electron chi connectivity index (χ4n) is 2.57. The lowest BCUT2D eigenvalue weighted by atomic mass is 10.2. The maximum atomic E-state index is 10.8. The molecule has 0 aromatic heterocycles. The zero-order valence-corrected chi connectivity index (χ0v) is 17.3. The van der Waals surface area contributed by atoms with E-state index in [9.17, 15) is 9.59 Å². The quantitative estimate of drug-likeness (QED) is 0.183. The Morgan fingerprint density at radius 3 is 2.03 bits per heavy atom. The Balaban J connectivity index is 1.88. The highest BCUT2D eigenvalue weighted by Gasteiger charge is 2.09. The molecule has 168 valence electrons. The number of nitrogens with zero attached hydrogens (tertiary/aromatic N) is 3. The van der Waals surface area contributed by atoms with Gasteiger partial charge in [0.15, 0.2) is 13.2 Å². The van der Waals surface area contributed by atoms with E-state index < -0.39 is 25.2 Å². The molecule has 33 heavy (non-hydrogen) atoms. The van der Waals surface area contributed by atoms with Gasteiger partial charge in [0.05, 0.1) is 5.69 Å². The number of hydrogen-bond donors (Lipinski definition) is 3. The zero-order chi connectivity index (χ0) is 23.5. The number of carboxylic acid groups (broad SMARTS) is 2. The molecule has 3 aromatic carbocycles. The van der Waals surface area contributed by atoms with Gasteiger partial charge in [0, 0.05) is 5.56 Å². The van der Waals surface area contributed by atoms with Crippen molar-refractivity contribution in [3.63, 3.8) is 0 Å². The number of aliphatic carboxylic acids is 2. The van der Waals surface area contributed by atoms with E-state index in [4.69, 9.17) is 19.7 Å². The first-order valence-electron chi connectivity index (χ1n) is 9.71. The lowest BCUT2D eigenvalue weighted by Crippen LogP contribution is -2.10.